The zero-order chi connectivity index (χ0) is 26.0. The van der Waals surface area contributed by atoms with Crippen LogP contribution in [0.1, 0.15) is 41.2 Å². The monoisotopic (exact) mass is 525 g/mol. The van der Waals surface area contributed by atoms with Crippen LogP contribution in [0.4, 0.5) is 18.9 Å². The van der Waals surface area contributed by atoms with Gasteiger partial charge in [-0.25, -0.2) is 18.4 Å². The van der Waals surface area contributed by atoms with Gasteiger partial charge in [-0.15, -0.1) is 0 Å². The molecule has 4 aromatic rings. The summed E-state index contributed by atoms with van der Waals surface area (Å²) in [7, 11) is -4.54. The fourth-order valence-electron chi connectivity index (χ4n) is 3.09. The Morgan fingerprint density at radius 3 is 2.46 bits per heavy atom. The van der Waals surface area contributed by atoms with Crippen LogP contribution in [0.2, 0.25) is 5.02 Å². The van der Waals surface area contributed by atoms with Crippen LogP contribution in [0.25, 0.3) is 11.0 Å². The fraction of sp³-hybridized carbons (Fsp3) is 0.182. The molecule has 0 saturated carbocycles. The van der Waals surface area contributed by atoms with Gasteiger partial charge in [-0.3, -0.25) is 14.5 Å². The maximum absolute atomic E-state index is 13.2. The topological polar surface area (TPSA) is 118 Å². The maximum Gasteiger partial charge on any atom is 0.417 e. The smallest absolute Gasteiger partial charge is 0.346 e. The highest BCUT2D eigenvalue weighted by Crippen LogP contribution is 2.36. The quantitative estimate of drug-likeness (QED) is 0.337. The number of sulfonamides is 1. The number of nitrogens with one attached hydrogen (secondary N) is 2. The second-order valence-electron chi connectivity index (χ2n) is 6.95. The Morgan fingerprint density at radius 1 is 1.06 bits per heavy atom. The molecular weight excluding hydrogens is 507 g/mol. The van der Waals surface area contributed by atoms with Crippen LogP contribution < -0.4 is 4.72 Å². The van der Waals surface area contributed by atoms with E-state index in [2.05, 4.69) is 24.7 Å². The molecule has 184 valence electrons. The second kappa shape index (κ2) is 10.0. The third-order valence-corrected chi connectivity index (χ3v) is 6.30. The first-order valence-electron chi connectivity index (χ1n) is 10.2. The molecule has 4 rings (SSSR count). The van der Waals surface area contributed by atoms with Gasteiger partial charge < -0.3 is 4.98 Å². The summed E-state index contributed by atoms with van der Waals surface area (Å²) in [5, 5.41) is -0.250. The number of alkyl halides is 3. The highest BCUT2D eigenvalue weighted by Gasteiger charge is 2.35. The van der Waals surface area contributed by atoms with Crippen molar-refractivity contribution in [3.8, 4) is 0 Å². The highest BCUT2D eigenvalue weighted by molar-refractivity contribution is 7.92. The number of pyridine rings is 1. The van der Waals surface area contributed by atoms with Gasteiger partial charge in [-0.2, -0.15) is 13.2 Å². The molecule has 8 nitrogen and oxygen atoms in total. The van der Waals surface area contributed by atoms with E-state index in [1.54, 1.807) is 19.2 Å². The molecule has 1 aromatic carbocycles. The van der Waals surface area contributed by atoms with Crippen molar-refractivity contribution in [1.82, 2.24) is 19.9 Å². The summed E-state index contributed by atoms with van der Waals surface area (Å²) < 4.78 is 67.5. The Bertz CT molecular complexity index is 1500. The summed E-state index contributed by atoms with van der Waals surface area (Å²) in [4.78, 5) is 27.3. The van der Waals surface area contributed by atoms with Gasteiger partial charge in [0.15, 0.2) is 0 Å². The van der Waals surface area contributed by atoms with Crippen LogP contribution in [0, 0.1) is 6.92 Å². The molecule has 0 unspecified atom stereocenters. The van der Waals surface area contributed by atoms with E-state index in [0.29, 0.717) is 22.7 Å². The van der Waals surface area contributed by atoms with Gasteiger partial charge in [0, 0.05) is 17.8 Å². The fourth-order valence-corrected chi connectivity index (χ4v) is 4.39. The number of aryl methyl sites for hydroxylation is 1. The van der Waals surface area contributed by atoms with Crippen LogP contribution in [-0.4, -0.2) is 34.1 Å². The van der Waals surface area contributed by atoms with Crippen LogP contribution in [0.5, 0.6) is 0 Å². The Balaban J connectivity index is 0.00000167. The lowest BCUT2D eigenvalue weighted by atomic mass is 10.1. The van der Waals surface area contributed by atoms with E-state index < -0.39 is 37.5 Å². The summed E-state index contributed by atoms with van der Waals surface area (Å²) in [5.41, 5.74) is -0.930. The number of rotatable bonds is 5. The molecule has 0 aliphatic rings. The standard InChI is InChI=1S/C20H13ClF3N5O3S.C2H6/c1-10-6-15(29-33(31,32)11-2-3-14(21)13(7-11)20(22,23)24)17(26-8-10)18(30)16-12-4-5-25-19(12)28-9-27-16;1-2/h2-9,29H,1H3,(H,25,27,28);1-2H3. The normalized spacial score (nSPS) is 11.6. The second-order valence-corrected chi connectivity index (χ2v) is 9.03. The van der Waals surface area contributed by atoms with Gasteiger partial charge in [0.2, 0.25) is 5.78 Å². The van der Waals surface area contributed by atoms with E-state index in [9.17, 15) is 26.4 Å². The molecule has 0 aliphatic carbocycles. The molecule has 0 aliphatic heterocycles. The summed E-state index contributed by atoms with van der Waals surface area (Å²) in [6, 6.07) is 5.10. The molecule has 3 heterocycles. The molecule has 0 atom stereocenters. The van der Waals surface area contributed by atoms with E-state index in [4.69, 9.17) is 11.6 Å². The molecule has 0 fully saturated rings. The molecule has 0 radical (unpaired) electrons. The molecular formula is C22H19ClF3N5O3S. The summed E-state index contributed by atoms with van der Waals surface area (Å²) in [5.74, 6) is -0.702. The zero-order valence-electron chi connectivity index (χ0n) is 18.6. The lowest BCUT2D eigenvalue weighted by Crippen LogP contribution is -2.18. The lowest BCUT2D eigenvalue weighted by molar-refractivity contribution is -0.137. The molecule has 2 N–H and O–H groups in total. The number of H-pyrrole nitrogens is 1. The molecule has 0 amide bonds. The van der Waals surface area contributed by atoms with Gasteiger partial charge in [-0.1, -0.05) is 25.4 Å². The first kappa shape index (κ1) is 26.1. The number of carbonyl (C=O) groups excluding carboxylic acids is 1. The number of benzene rings is 1. The van der Waals surface area contributed by atoms with Crippen LogP contribution in [0.3, 0.4) is 0 Å². The van der Waals surface area contributed by atoms with Gasteiger partial charge in [-0.05, 0) is 42.8 Å². The van der Waals surface area contributed by atoms with Crippen molar-refractivity contribution >= 4 is 44.1 Å². The minimum Gasteiger partial charge on any atom is -0.346 e. The number of hydrogen-bond donors (Lipinski definition) is 2. The SMILES string of the molecule is CC.Cc1cnc(C(=O)c2ncnc3[nH]ccc23)c(NS(=O)(=O)c2ccc(Cl)c(C(F)(F)F)c2)c1. The van der Waals surface area contributed by atoms with Crippen molar-refractivity contribution in [2.24, 2.45) is 0 Å². The molecule has 13 heteroatoms. The number of hydrogen-bond acceptors (Lipinski definition) is 6. The first-order valence-corrected chi connectivity index (χ1v) is 12.0. The number of halogens is 4. The van der Waals surface area contributed by atoms with Gasteiger partial charge in [0.05, 0.1) is 21.2 Å². The van der Waals surface area contributed by atoms with E-state index >= 15 is 0 Å². The minimum atomic E-state index is -4.86. The minimum absolute atomic E-state index is 0.0242. The Kier molecular flexibility index (Phi) is 7.46. The molecule has 0 bridgehead atoms. The van der Waals surface area contributed by atoms with E-state index in [-0.39, 0.29) is 17.1 Å². The predicted molar refractivity (Wildman–Crippen MR) is 125 cm³/mol. The van der Waals surface area contributed by atoms with E-state index in [1.165, 1.54) is 12.3 Å². The number of fused-ring (bicyclic) bond motifs is 1. The summed E-state index contributed by atoms with van der Waals surface area (Å²) >= 11 is 5.58. The van der Waals surface area contributed by atoms with Crippen molar-refractivity contribution in [3.63, 3.8) is 0 Å². The van der Waals surface area contributed by atoms with Gasteiger partial charge in [0.1, 0.15) is 23.4 Å². The Labute approximate surface area is 203 Å². The number of aromatic amines is 1. The largest absolute Gasteiger partial charge is 0.417 e. The first-order chi connectivity index (χ1) is 16.5. The molecule has 3 aromatic heterocycles. The number of anilines is 1. The number of carbonyl (C=O) groups is 1. The third-order valence-electron chi connectivity index (χ3n) is 4.61. The molecule has 0 spiro atoms. The van der Waals surface area contributed by atoms with Gasteiger partial charge in [0.25, 0.3) is 10.0 Å². The third kappa shape index (κ3) is 5.43. The number of nitrogens with zero attached hydrogens (tertiary/aromatic N) is 3. The van der Waals surface area contributed by atoms with Crippen LogP contribution in [0.15, 0.2) is 53.9 Å². The summed E-state index contributed by atoms with van der Waals surface area (Å²) in [6.45, 7) is 5.61. The Morgan fingerprint density at radius 2 is 1.77 bits per heavy atom. The van der Waals surface area contributed by atoms with Crippen LogP contribution in [-0.2, 0) is 16.2 Å². The lowest BCUT2D eigenvalue weighted by Gasteiger charge is -2.14. The van der Waals surface area contributed by atoms with Crippen molar-refractivity contribution in [1.29, 1.82) is 0 Å². The Hall–Kier alpha value is -3.51. The number of aromatic nitrogens is 4. The summed E-state index contributed by atoms with van der Waals surface area (Å²) in [6.07, 6.45) is -0.786. The van der Waals surface area contributed by atoms with Crippen molar-refractivity contribution in [2.75, 3.05) is 4.72 Å². The van der Waals surface area contributed by atoms with E-state index in [1.807, 2.05) is 13.8 Å². The van der Waals surface area contributed by atoms with E-state index in [0.717, 1.165) is 18.5 Å². The molecule has 35 heavy (non-hydrogen) atoms. The molecule has 0 saturated heterocycles. The number of ketones is 1. The van der Waals surface area contributed by atoms with Crippen molar-refractivity contribution in [3.05, 3.63) is 76.6 Å². The van der Waals surface area contributed by atoms with Crippen molar-refractivity contribution in [2.45, 2.75) is 31.8 Å². The predicted octanol–water partition coefficient (Wildman–Crippen LogP) is 5.39. The average molecular weight is 526 g/mol. The maximum atomic E-state index is 13.2. The van der Waals surface area contributed by atoms with Crippen molar-refractivity contribution < 1.29 is 26.4 Å². The zero-order valence-corrected chi connectivity index (χ0v) is 20.2. The van der Waals surface area contributed by atoms with Gasteiger partial charge >= 0.3 is 6.18 Å². The van der Waals surface area contributed by atoms with Crippen LogP contribution >= 0.6 is 11.6 Å². The average Bonchev–Trinajstić information content (AvgIpc) is 3.28. The highest BCUT2D eigenvalue weighted by atomic mass is 35.5.